The van der Waals surface area contributed by atoms with Crippen LogP contribution in [0.15, 0.2) is 24.3 Å². The fourth-order valence-electron chi connectivity index (χ4n) is 3.02. The first-order valence-electron chi connectivity index (χ1n) is 9.57. The number of rotatable bonds is 12. The van der Waals surface area contributed by atoms with Crippen LogP contribution in [-0.2, 0) is 9.59 Å². The summed E-state index contributed by atoms with van der Waals surface area (Å²) in [5.74, 6) is -0.626. The summed E-state index contributed by atoms with van der Waals surface area (Å²) in [4.78, 5) is 24.5. The van der Waals surface area contributed by atoms with E-state index in [0.29, 0.717) is 25.8 Å². The van der Waals surface area contributed by atoms with Gasteiger partial charge in [0, 0.05) is 19.4 Å². The van der Waals surface area contributed by atoms with Crippen molar-refractivity contribution < 1.29 is 19.8 Å². The predicted molar refractivity (Wildman–Crippen MR) is 99.3 cm³/mol. The van der Waals surface area contributed by atoms with Crippen LogP contribution in [0.4, 0.5) is 0 Å². The van der Waals surface area contributed by atoms with Gasteiger partial charge in [-0.25, -0.2) is 0 Å². The van der Waals surface area contributed by atoms with Crippen LogP contribution in [0.1, 0.15) is 71.1 Å². The van der Waals surface area contributed by atoms with Gasteiger partial charge in [0.2, 0.25) is 5.91 Å². The highest BCUT2D eigenvalue weighted by Gasteiger charge is 2.25. The molecule has 2 atom stereocenters. The molecule has 0 aromatic heterocycles. The van der Waals surface area contributed by atoms with E-state index in [2.05, 4.69) is 6.92 Å². The van der Waals surface area contributed by atoms with E-state index in [1.54, 1.807) is 0 Å². The topological polar surface area (TPSA) is 77.8 Å². The van der Waals surface area contributed by atoms with Crippen LogP contribution < -0.4 is 0 Å². The lowest BCUT2D eigenvalue weighted by Crippen LogP contribution is -2.42. The molecule has 0 bridgehead atoms. The Morgan fingerprint density at radius 1 is 1.32 bits per heavy atom. The van der Waals surface area contributed by atoms with Crippen molar-refractivity contribution in [2.75, 3.05) is 6.54 Å². The van der Waals surface area contributed by atoms with Gasteiger partial charge in [-0.2, -0.15) is 0 Å². The Kier molecular flexibility index (Phi) is 10.9. The number of amides is 1. The largest absolute Gasteiger partial charge is 0.481 e. The van der Waals surface area contributed by atoms with Gasteiger partial charge >= 0.3 is 5.97 Å². The van der Waals surface area contributed by atoms with Gasteiger partial charge in [0.05, 0.1) is 12.1 Å². The molecule has 1 rings (SSSR count). The second kappa shape index (κ2) is 12.7. The van der Waals surface area contributed by atoms with Crippen molar-refractivity contribution in [3.05, 3.63) is 24.3 Å². The van der Waals surface area contributed by atoms with Crippen LogP contribution in [0.5, 0.6) is 0 Å². The summed E-state index contributed by atoms with van der Waals surface area (Å²) >= 11 is 0. The molecule has 0 aromatic carbocycles. The lowest BCUT2D eigenvalue weighted by molar-refractivity contribution is -0.137. The molecule has 2 N–H and O–H groups in total. The Balaban J connectivity index is 2.45. The Labute approximate surface area is 151 Å². The average Bonchev–Trinajstić information content (AvgIpc) is 2.57. The summed E-state index contributed by atoms with van der Waals surface area (Å²) in [5, 5.41) is 18.6. The molecule has 0 aliphatic carbocycles. The Morgan fingerprint density at radius 3 is 2.84 bits per heavy atom. The highest BCUT2D eigenvalue weighted by molar-refractivity contribution is 5.77. The number of aliphatic hydroxyl groups is 1. The quantitative estimate of drug-likeness (QED) is 0.415. The van der Waals surface area contributed by atoms with Crippen molar-refractivity contribution >= 4 is 11.9 Å². The van der Waals surface area contributed by atoms with Crippen LogP contribution >= 0.6 is 0 Å². The van der Waals surface area contributed by atoms with Crippen LogP contribution in [0, 0.1) is 0 Å². The van der Waals surface area contributed by atoms with Crippen molar-refractivity contribution in [2.24, 2.45) is 0 Å². The zero-order valence-corrected chi connectivity index (χ0v) is 15.4. The molecule has 0 saturated carbocycles. The standard InChI is InChI=1S/C20H33NO4/c1-2-3-6-11-18(22)15-14-17-10-9-12-19(23)21(17)16-8-5-4-7-13-20(24)25/h5,8,14-15,17-18,22H,2-4,6-7,9-13,16H2,1H3,(H,24,25)/b8-5-,15-14+/t17?,18-/m1/s1. The summed E-state index contributed by atoms with van der Waals surface area (Å²) in [5.41, 5.74) is 0. The maximum atomic E-state index is 12.2. The second-order valence-electron chi connectivity index (χ2n) is 6.71. The molecule has 142 valence electrons. The fraction of sp³-hybridized carbons (Fsp3) is 0.700. The normalized spacial score (nSPS) is 19.8. The summed E-state index contributed by atoms with van der Waals surface area (Å²) in [7, 11) is 0. The second-order valence-corrected chi connectivity index (χ2v) is 6.71. The number of nitrogens with zero attached hydrogens (tertiary/aromatic N) is 1. The van der Waals surface area contributed by atoms with E-state index in [0.717, 1.165) is 38.5 Å². The predicted octanol–water partition coefficient (Wildman–Crippen LogP) is 3.68. The summed E-state index contributed by atoms with van der Waals surface area (Å²) < 4.78 is 0. The first-order valence-corrected chi connectivity index (χ1v) is 9.57. The number of piperidine rings is 1. The molecule has 1 aliphatic rings. The Hall–Kier alpha value is -1.62. The lowest BCUT2D eigenvalue weighted by atomic mass is 10.00. The first kappa shape index (κ1) is 21.4. The third-order valence-electron chi connectivity index (χ3n) is 4.50. The van der Waals surface area contributed by atoms with Gasteiger partial charge in [-0.15, -0.1) is 0 Å². The molecular weight excluding hydrogens is 318 g/mol. The van der Waals surface area contributed by atoms with Gasteiger partial charge in [0.1, 0.15) is 0 Å². The molecule has 5 heteroatoms. The van der Waals surface area contributed by atoms with Gasteiger partial charge in [0.25, 0.3) is 0 Å². The number of hydrogen-bond donors (Lipinski definition) is 2. The van der Waals surface area contributed by atoms with E-state index in [4.69, 9.17) is 5.11 Å². The van der Waals surface area contributed by atoms with Crippen molar-refractivity contribution in [2.45, 2.75) is 83.3 Å². The lowest BCUT2D eigenvalue weighted by Gasteiger charge is -2.33. The van der Waals surface area contributed by atoms with Crippen LogP contribution in [0.25, 0.3) is 0 Å². The van der Waals surface area contributed by atoms with Crippen LogP contribution in [0.3, 0.4) is 0 Å². The molecule has 5 nitrogen and oxygen atoms in total. The molecule has 1 fully saturated rings. The average molecular weight is 351 g/mol. The molecule has 0 radical (unpaired) electrons. The molecule has 25 heavy (non-hydrogen) atoms. The minimum absolute atomic E-state index is 0.0470. The number of carbonyl (C=O) groups is 2. The molecule has 1 amide bonds. The number of likely N-dealkylation sites (tertiary alicyclic amines) is 1. The fourth-order valence-corrected chi connectivity index (χ4v) is 3.02. The maximum Gasteiger partial charge on any atom is 0.303 e. The van der Waals surface area contributed by atoms with Gasteiger partial charge < -0.3 is 15.1 Å². The number of carboxylic acid groups (broad SMARTS) is 1. The zero-order valence-electron chi connectivity index (χ0n) is 15.4. The highest BCUT2D eigenvalue weighted by Crippen LogP contribution is 2.20. The molecule has 1 saturated heterocycles. The van der Waals surface area contributed by atoms with E-state index < -0.39 is 12.1 Å². The van der Waals surface area contributed by atoms with Crippen molar-refractivity contribution in [3.63, 3.8) is 0 Å². The summed E-state index contributed by atoms with van der Waals surface area (Å²) in [6, 6.07) is 0.0470. The number of carboxylic acids is 1. The number of aliphatic carboxylic acids is 1. The minimum Gasteiger partial charge on any atom is -0.481 e. The molecule has 1 aliphatic heterocycles. The Bertz CT molecular complexity index is 459. The third-order valence-corrected chi connectivity index (χ3v) is 4.50. The van der Waals surface area contributed by atoms with E-state index >= 15 is 0 Å². The monoisotopic (exact) mass is 351 g/mol. The number of unbranched alkanes of at least 4 members (excludes halogenated alkanes) is 3. The third kappa shape index (κ3) is 9.44. The summed E-state index contributed by atoms with van der Waals surface area (Å²) in [6.45, 7) is 2.69. The first-order chi connectivity index (χ1) is 12.0. The zero-order chi connectivity index (χ0) is 18.5. The highest BCUT2D eigenvalue weighted by atomic mass is 16.4. The van der Waals surface area contributed by atoms with E-state index in [9.17, 15) is 14.7 Å². The van der Waals surface area contributed by atoms with Crippen molar-refractivity contribution in [1.29, 1.82) is 0 Å². The minimum atomic E-state index is -0.776. The number of hydrogen-bond acceptors (Lipinski definition) is 3. The van der Waals surface area contributed by atoms with E-state index in [1.165, 1.54) is 0 Å². The van der Waals surface area contributed by atoms with E-state index in [-0.39, 0.29) is 18.4 Å². The molecular formula is C20H33NO4. The SMILES string of the molecule is CCCCC[C@@H](O)/C=C/C1CCCC(=O)N1C/C=C\CCCC(=O)O. The molecule has 1 heterocycles. The van der Waals surface area contributed by atoms with Gasteiger partial charge in [-0.05, 0) is 32.1 Å². The smallest absolute Gasteiger partial charge is 0.303 e. The van der Waals surface area contributed by atoms with E-state index in [1.807, 2.05) is 29.2 Å². The molecule has 0 spiro atoms. The molecule has 0 aromatic rings. The van der Waals surface area contributed by atoms with Crippen LogP contribution in [0.2, 0.25) is 0 Å². The van der Waals surface area contributed by atoms with Gasteiger partial charge in [0.15, 0.2) is 0 Å². The Morgan fingerprint density at radius 2 is 2.12 bits per heavy atom. The van der Waals surface area contributed by atoms with Gasteiger partial charge in [-0.1, -0.05) is 50.5 Å². The number of aliphatic hydroxyl groups excluding tert-OH is 1. The number of carbonyl (C=O) groups excluding carboxylic acids is 1. The summed E-state index contributed by atoms with van der Waals surface area (Å²) in [6.07, 6.45) is 15.2. The van der Waals surface area contributed by atoms with Crippen molar-refractivity contribution in [3.8, 4) is 0 Å². The van der Waals surface area contributed by atoms with Crippen LogP contribution in [-0.4, -0.2) is 45.7 Å². The van der Waals surface area contributed by atoms with Gasteiger partial charge in [-0.3, -0.25) is 9.59 Å². The molecule has 1 unspecified atom stereocenters. The van der Waals surface area contributed by atoms with Crippen molar-refractivity contribution in [1.82, 2.24) is 4.90 Å². The number of allylic oxidation sites excluding steroid dienone is 1. The maximum absolute atomic E-state index is 12.2.